The lowest BCUT2D eigenvalue weighted by Gasteiger charge is -2.13. The fraction of sp³-hybridized carbons (Fsp3) is 0.615. The number of rotatable bonds is 8. The highest BCUT2D eigenvalue weighted by Crippen LogP contribution is 2.15. The zero-order valence-electron chi connectivity index (χ0n) is 10.9. The quantitative estimate of drug-likeness (QED) is 0.723. The van der Waals surface area contributed by atoms with Gasteiger partial charge in [-0.05, 0) is 25.7 Å². The second-order valence-corrected chi connectivity index (χ2v) is 5.40. The number of ether oxygens (including phenoxy) is 1. The molecule has 1 N–H and O–H groups in total. The summed E-state index contributed by atoms with van der Waals surface area (Å²) in [5.41, 5.74) is 1.13. The molecule has 0 saturated carbocycles. The summed E-state index contributed by atoms with van der Waals surface area (Å²) >= 11 is 1.95. The summed E-state index contributed by atoms with van der Waals surface area (Å²) in [6.07, 6.45) is 1.94. The Morgan fingerprint density at radius 3 is 3.00 bits per heavy atom. The molecule has 0 saturated heterocycles. The number of pyridine rings is 1. The fourth-order valence-electron chi connectivity index (χ4n) is 1.40. The lowest BCUT2D eigenvalue weighted by molar-refractivity contribution is 0.229. The predicted molar refractivity (Wildman–Crippen MR) is 74.7 cm³/mol. The zero-order valence-corrected chi connectivity index (χ0v) is 11.7. The van der Waals surface area contributed by atoms with E-state index in [0.717, 1.165) is 30.3 Å². The SMILES string of the molecule is CCSCCNCc1cccnc1OC(C)C. The molecule has 1 rings (SSSR count). The molecule has 0 aromatic carbocycles. The Morgan fingerprint density at radius 2 is 2.29 bits per heavy atom. The monoisotopic (exact) mass is 254 g/mol. The van der Waals surface area contributed by atoms with Crippen molar-refractivity contribution >= 4 is 11.8 Å². The molecule has 1 aromatic heterocycles. The van der Waals surface area contributed by atoms with Crippen molar-refractivity contribution in [3.63, 3.8) is 0 Å². The van der Waals surface area contributed by atoms with E-state index < -0.39 is 0 Å². The van der Waals surface area contributed by atoms with Gasteiger partial charge in [-0.1, -0.05) is 13.0 Å². The first kappa shape index (κ1) is 14.3. The average molecular weight is 254 g/mol. The molecule has 0 atom stereocenters. The van der Waals surface area contributed by atoms with Crippen LogP contribution in [0.1, 0.15) is 26.3 Å². The smallest absolute Gasteiger partial charge is 0.218 e. The van der Waals surface area contributed by atoms with Gasteiger partial charge in [-0.25, -0.2) is 4.98 Å². The van der Waals surface area contributed by atoms with Crippen LogP contribution in [0.4, 0.5) is 0 Å². The van der Waals surface area contributed by atoms with Crippen molar-refractivity contribution in [2.75, 3.05) is 18.1 Å². The van der Waals surface area contributed by atoms with Crippen LogP contribution in [0.3, 0.4) is 0 Å². The van der Waals surface area contributed by atoms with E-state index in [9.17, 15) is 0 Å². The summed E-state index contributed by atoms with van der Waals surface area (Å²) in [5.74, 6) is 3.08. The zero-order chi connectivity index (χ0) is 12.5. The van der Waals surface area contributed by atoms with Crippen LogP contribution in [0.5, 0.6) is 5.88 Å². The van der Waals surface area contributed by atoms with Crippen molar-refractivity contribution in [3.05, 3.63) is 23.9 Å². The predicted octanol–water partition coefficient (Wildman–Crippen LogP) is 2.71. The van der Waals surface area contributed by atoms with Crippen LogP contribution in [-0.2, 0) is 6.54 Å². The van der Waals surface area contributed by atoms with Crippen LogP contribution in [0.25, 0.3) is 0 Å². The molecule has 0 aliphatic heterocycles. The second-order valence-electron chi connectivity index (χ2n) is 4.01. The molecule has 3 nitrogen and oxygen atoms in total. The lowest BCUT2D eigenvalue weighted by atomic mass is 10.2. The third-order valence-electron chi connectivity index (χ3n) is 2.14. The van der Waals surface area contributed by atoms with Crippen LogP contribution < -0.4 is 10.1 Å². The summed E-state index contributed by atoms with van der Waals surface area (Å²) in [6.45, 7) is 8.06. The van der Waals surface area contributed by atoms with E-state index in [1.807, 2.05) is 31.7 Å². The van der Waals surface area contributed by atoms with E-state index in [1.54, 1.807) is 6.20 Å². The van der Waals surface area contributed by atoms with Gasteiger partial charge in [0, 0.05) is 30.6 Å². The molecule has 4 heteroatoms. The highest BCUT2D eigenvalue weighted by Gasteiger charge is 2.05. The number of hydrogen-bond acceptors (Lipinski definition) is 4. The maximum atomic E-state index is 5.67. The normalized spacial score (nSPS) is 10.8. The Morgan fingerprint density at radius 1 is 1.47 bits per heavy atom. The van der Waals surface area contributed by atoms with Crippen molar-refractivity contribution < 1.29 is 4.74 Å². The van der Waals surface area contributed by atoms with E-state index in [-0.39, 0.29) is 6.10 Å². The minimum atomic E-state index is 0.166. The topological polar surface area (TPSA) is 34.2 Å². The molecule has 0 spiro atoms. The number of nitrogens with zero attached hydrogens (tertiary/aromatic N) is 1. The summed E-state index contributed by atoms with van der Waals surface area (Å²) in [5, 5.41) is 3.41. The molecule has 0 fully saturated rings. The van der Waals surface area contributed by atoms with E-state index in [4.69, 9.17) is 4.74 Å². The summed E-state index contributed by atoms with van der Waals surface area (Å²) < 4.78 is 5.67. The van der Waals surface area contributed by atoms with Gasteiger partial charge in [-0.3, -0.25) is 0 Å². The van der Waals surface area contributed by atoms with Gasteiger partial charge >= 0.3 is 0 Å². The van der Waals surface area contributed by atoms with E-state index in [1.165, 1.54) is 5.75 Å². The molecular weight excluding hydrogens is 232 g/mol. The Bertz CT molecular complexity index is 318. The van der Waals surface area contributed by atoms with E-state index in [2.05, 4.69) is 23.3 Å². The molecule has 1 heterocycles. The first-order valence-corrected chi connectivity index (χ1v) is 7.28. The summed E-state index contributed by atoms with van der Waals surface area (Å²) in [7, 11) is 0. The van der Waals surface area contributed by atoms with Crippen molar-refractivity contribution in [2.45, 2.75) is 33.4 Å². The van der Waals surface area contributed by atoms with Gasteiger partial charge in [-0.2, -0.15) is 11.8 Å². The van der Waals surface area contributed by atoms with Crippen LogP contribution in [0, 0.1) is 0 Å². The molecule has 0 amide bonds. The largest absolute Gasteiger partial charge is 0.475 e. The average Bonchev–Trinajstić information content (AvgIpc) is 2.30. The summed E-state index contributed by atoms with van der Waals surface area (Å²) in [6, 6.07) is 4.01. The highest BCUT2D eigenvalue weighted by molar-refractivity contribution is 7.99. The molecule has 0 aliphatic rings. The van der Waals surface area contributed by atoms with Gasteiger partial charge in [-0.15, -0.1) is 0 Å². The van der Waals surface area contributed by atoms with Gasteiger partial charge in [0.2, 0.25) is 5.88 Å². The molecule has 0 unspecified atom stereocenters. The van der Waals surface area contributed by atoms with Crippen molar-refractivity contribution in [1.29, 1.82) is 0 Å². The van der Waals surface area contributed by atoms with Gasteiger partial charge in [0.1, 0.15) is 0 Å². The first-order chi connectivity index (χ1) is 8.24. The molecule has 0 aliphatic carbocycles. The molecular formula is C13H22N2OS. The van der Waals surface area contributed by atoms with Gasteiger partial charge < -0.3 is 10.1 Å². The van der Waals surface area contributed by atoms with Crippen LogP contribution in [-0.4, -0.2) is 29.1 Å². The van der Waals surface area contributed by atoms with Crippen LogP contribution >= 0.6 is 11.8 Å². The fourth-order valence-corrected chi connectivity index (χ4v) is 1.98. The van der Waals surface area contributed by atoms with E-state index >= 15 is 0 Å². The number of thioether (sulfide) groups is 1. The third kappa shape index (κ3) is 5.94. The van der Waals surface area contributed by atoms with Gasteiger partial charge in [0.05, 0.1) is 6.10 Å². The minimum Gasteiger partial charge on any atom is -0.475 e. The first-order valence-electron chi connectivity index (χ1n) is 6.13. The van der Waals surface area contributed by atoms with Crippen molar-refractivity contribution in [3.8, 4) is 5.88 Å². The molecule has 96 valence electrons. The second kappa shape index (κ2) is 8.37. The summed E-state index contributed by atoms with van der Waals surface area (Å²) in [4.78, 5) is 4.27. The molecule has 0 radical (unpaired) electrons. The standard InChI is InChI=1S/C13H22N2OS/c1-4-17-9-8-14-10-12-6-5-7-15-13(12)16-11(2)3/h5-7,11,14H,4,8-10H2,1-3H3. The van der Waals surface area contributed by atoms with Crippen LogP contribution in [0.2, 0.25) is 0 Å². The number of nitrogens with one attached hydrogen (secondary N) is 1. The van der Waals surface area contributed by atoms with Crippen molar-refractivity contribution in [1.82, 2.24) is 10.3 Å². The Hall–Kier alpha value is -0.740. The van der Waals surface area contributed by atoms with Crippen molar-refractivity contribution in [2.24, 2.45) is 0 Å². The third-order valence-corrected chi connectivity index (χ3v) is 3.04. The Balaban J connectivity index is 2.40. The Kier molecular flexibility index (Phi) is 7.05. The Labute approximate surface area is 108 Å². The minimum absolute atomic E-state index is 0.166. The maximum absolute atomic E-state index is 5.67. The van der Waals surface area contributed by atoms with Gasteiger partial charge in [0.25, 0.3) is 0 Å². The molecule has 0 bridgehead atoms. The molecule has 17 heavy (non-hydrogen) atoms. The maximum Gasteiger partial charge on any atom is 0.218 e. The molecule has 1 aromatic rings. The highest BCUT2D eigenvalue weighted by atomic mass is 32.2. The van der Waals surface area contributed by atoms with E-state index in [0.29, 0.717) is 0 Å². The lowest BCUT2D eigenvalue weighted by Crippen LogP contribution is -2.18. The van der Waals surface area contributed by atoms with Gasteiger partial charge in [0.15, 0.2) is 0 Å². The number of hydrogen-bond donors (Lipinski definition) is 1. The van der Waals surface area contributed by atoms with Crippen LogP contribution in [0.15, 0.2) is 18.3 Å². The number of aromatic nitrogens is 1.